The Morgan fingerprint density at radius 1 is 1.21 bits per heavy atom. The number of carbonyl (C=O) groups excluding carboxylic acids is 3. The van der Waals surface area contributed by atoms with Gasteiger partial charge in [-0.05, 0) is 23.6 Å². The number of allylic oxidation sites excluding steroid dienone is 1. The third-order valence-corrected chi connectivity index (χ3v) is 6.96. The largest absolute Gasteiger partial charge is 0.477 e. The molecule has 0 unspecified atom stereocenters. The normalized spacial score (nSPS) is 23.8. The molecule has 3 amide bonds. The molecular weight excluding hydrogens is 475 g/mol. The summed E-state index contributed by atoms with van der Waals surface area (Å²) in [6.07, 6.45) is -3.14. The van der Waals surface area contributed by atoms with E-state index in [0.29, 0.717) is 4.90 Å². The zero-order valence-electron chi connectivity index (χ0n) is 17.7. The van der Waals surface area contributed by atoms with Crippen LogP contribution in [0, 0.1) is 0 Å². The lowest BCUT2D eigenvalue weighted by Gasteiger charge is -2.49. The van der Waals surface area contributed by atoms with Crippen LogP contribution in [-0.4, -0.2) is 75.0 Å². The Bertz CT molecular complexity index is 1100. The maximum atomic E-state index is 12.7. The highest BCUT2D eigenvalue weighted by Gasteiger charge is 2.54. The first-order chi connectivity index (χ1) is 16.0. The number of rotatable bonds is 6. The Kier molecular flexibility index (Phi) is 6.43. The molecule has 12 heteroatoms. The quantitative estimate of drug-likeness (QED) is 0.460. The maximum absolute atomic E-state index is 12.7. The minimum atomic E-state index is -4.53. The fraction of sp³-hybridized carbons (Fsp3) is 0.364. The van der Waals surface area contributed by atoms with Crippen molar-refractivity contribution in [3.63, 3.8) is 0 Å². The molecule has 1 aromatic rings. The van der Waals surface area contributed by atoms with Crippen molar-refractivity contribution in [3.8, 4) is 0 Å². The van der Waals surface area contributed by atoms with Crippen molar-refractivity contribution < 1.29 is 37.5 Å². The molecule has 3 heterocycles. The maximum Gasteiger partial charge on any atom is 0.406 e. The Morgan fingerprint density at radius 2 is 1.91 bits per heavy atom. The van der Waals surface area contributed by atoms with Gasteiger partial charge in [-0.3, -0.25) is 19.3 Å². The van der Waals surface area contributed by atoms with Crippen molar-refractivity contribution in [2.45, 2.75) is 30.4 Å². The van der Waals surface area contributed by atoms with E-state index >= 15 is 0 Å². The smallest absolute Gasteiger partial charge is 0.406 e. The summed E-state index contributed by atoms with van der Waals surface area (Å²) >= 11 is 1.22. The number of hydrogen-bond donors (Lipinski definition) is 2. The van der Waals surface area contributed by atoms with Gasteiger partial charge in [0, 0.05) is 17.9 Å². The average molecular weight is 495 g/mol. The molecule has 3 aliphatic rings. The van der Waals surface area contributed by atoms with Crippen LogP contribution in [0.25, 0.3) is 0 Å². The van der Waals surface area contributed by atoms with Gasteiger partial charge in [0.15, 0.2) is 0 Å². The van der Waals surface area contributed by atoms with Crippen LogP contribution in [0.1, 0.15) is 12.0 Å². The molecule has 0 bridgehead atoms. The number of carbonyl (C=O) groups is 4. The fourth-order valence-corrected chi connectivity index (χ4v) is 5.44. The molecule has 0 radical (unpaired) electrons. The Labute approximate surface area is 196 Å². The van der Waals surface area contributed by atoms with Crippen molar-refractivity contribution in [1.29, 1.82) is 0 Å². The zero-order valence-corrected chi connectivity index (χ0v) is 18.5. The van der Waals surface area contributed by atoms with E-state index in [9.17, 15) is 37.5 Å². The van der Waals surface area contributed by atoms with Gasteiger partial charge in [-0.15, -0.1) is 11.8 Å². The number of amides is 3. The molecule has 0 aromatic heterocycles. The summed E-state index contributed by atoms with van der Waals surface area (Å²) in [6, 6.07) is 8.04. The van der Waals surface area contributed by atoms with Gasteiger partial charge in [-0.1, -0.05) is 30.3 Å². The van der Waals surface area contributed by atoms with Gasteiger partial charge in [0.05, 0.1) is 6.42 Å². The number of carboxylic acids is 1. The standard InChI is InChI=1S/C22H20F3N3O5S/c23-22(24,25)11-27-7-6-13(18(27)30)9-14-10-34-20-16(19(31)28(20)17(14)21(32)33)26-15(29)8-12-4-2-1-3-5-12/h1-5,9,16,20H,6-8,10-11H2,(H,26,29)(H,32,33)/t16-,20-/m1/s1. The predicted octanol–water partition coefficient (Wildman–Crippen LogP) is 1.69. The summed E-state index contributed by atoms with van der Waals surface area (Å²) in [4.78, 5) is 51.1. The summed E-state index contributed by atoms with van der Waals surface area (Å²) < 4.78 is 38.0. The molecule has 1 aromatic carbocycles. The van der Waals surface area contributed by atoms with Crippen LogP contribution >= 0.6 is 11.8 Å². The summed E-state index contributed by atoms with van der Waals surface area (Å²) in [5, 5.41) is 11.8. The van der Waals surface area contributed by atoms with E-state index in [0.717, 1.165) is 10.5 Å². The fourth-order valence-electron chi connectivity index (χ4n) is 4.14. The van der Waals surface area contributed by atoms with E-state index in [-0.39, 0.29) is 47.9 Å². The lowest BCUT2D eigenvalue weighted by Crippen LogP contribution is -2.70. The number of thioether (sulfide) groups is 1. The molecule has 2 atom stereocenters. The second-order valence-corrected chi connectivity index (χ2v) is 9.16. The molecule has 0 spiro atoms. The molecule has 2 N–H and O–H groups in total. The second-order valence-electron chi connectivity index (χ2n) is 8.06. The van der Waals surface area contributed by atoms with E-state index in [2.05, 4.69) is 5.32 Å². The van der Waals surface area contributed by atoms with E-state index in [1.54, 1.807) is 24.3 Å². The van der Waals surface area contributed by atoms with Gasteiger partial charge in [0.1, 0.15) is 23.7 Å². The third kappa shape index (κ3) is 4.81. The molecule has 4 rings (SSSR count). The molecule has 180 valence electrons. The highest BCUT2D eigenvalue weighted by molar-refractivity contribution is 8.00. The van der Waals surface area contributed by atoms with E-state index in [1.165, 1.54) is 17.8 Å². The SMILES string of the molecule is O=C(Cc1ccccc1)N[C@@H]1C(=O)N2C(C(=O)O)=C(C=C3CCN(CC(F)(F)F)C3=O)CS[C@H]12. The van der Waals surface area contributed by atoms with Crippen LogP contribution in [0.5, 0.6) is 0 Å². The van der Waals surface area contributed by atoms with Gasteiger partial charge >= 0.3 is 12.1 Å². The summed E-state index contributed by atoms with van der Waals surface area (Å²) in [5.41, 5.74) is 0.684. The number of nitrogens with zero attached hydrogens (tertiary/aromatic N) is 2. The first-order valence-electron chi connectivity index (χ1n) is 10.4. The number of benzene rings is 1. The van der Waals surface area contributed by atoms with E-state index in [4.69, 9.17) is 0 Å². The predicted molar refractivity (Wildman–Crippen MR) is 115 cm³/mol. The highest BCUT2D eigenvalue weighted by Crippen LogP contribution is 2.41. The van der Waals surface area contributed by atoms with Gasteiger partial charge in [-0.2, -0.15) is 13.2 Å². The molecule has 2 fully saturated rings. The highest BCUT2D eigenvalue weighted by atomic mass is 32.2. The number of alkyl halides is 3. The van der Waals surface area contributed by atoms with Gasteiger partial charge < -0.3 is 15.3 Å². The molecule has 0 saturated carbocycles. The van der Waals surface area contributed by atoms with Gasteiger partial charge in [0.2, 0.25) is 11.8 Å². The number of fused-ring (bicyclic) bond motifs is 1. The number of aliphatic carboxylic acids is 1. The summed E-state index contributed by atoms with van der Waals surface area (Å²) in [6.45, 7) is -1.49. The molecular formula is C22H20F3N3O5S. The number of β-lactam (4-membered cyclic amide) rings is 1. The number of carboxylic acid groups (broad SMARTS) is 1. The van der Waals surface area contributed by atoms with Crippen molar-refractivity contribution >= 4 is 35.5 Å². The first-order valence-corrected chi connectivity index (χ1v) is 11.4. The van der Waals surface area contributed by atoms with Crippen molar-refractivity contribution in [1.82, 2.24) is 15.1 Å². The zero-order chi connectivity index (χ0) is 24.6. The van der Waals surface area contributed by atoms with Gasteiger partial charge in [0.25, 0.3) is 5.91 Å². The summed E-state index contributed by atoms with van der Waals surface area (Å²) in [5.74, 6) is -3.04. The Hall–Kier alpha value is -3.28. The van der Waals surface area contributed by atoms with Crippen molar-refractivity contribution in [2.75, 3.05) is 18.8 Å². The minimum Gasteiger partial charge on any atom is -0.477 e. The molecule has 34 heavy (non-hydrogen) atoms. The number of nitrogens with one attached hydrogen (secondary N) is 1. The Balaban J connectivity index is 1.48. The first kappa shape index (κ1) is 23.9. The van der Waals surface area contributed by atoms with Crippen LogP contribution in [0.4, 0.5) is 13.2 Å². The molecule has 3 aliphatic heterocycles. The minimum absolute atomic E-state index is 0.0471. The lowest BCUT2D eigenvalue weighted by atomic mass is 10.0. The van der Waals surface area contributed by atoms with Crippen molar-refractivity contribution in [2.24, 2.45) is 0 Å². The molecule has 8 nitrogen and oxygen atoms in total. The topological polar surface area (TPSA) is 107 Å². The van der Waals surface area contributed by atoms with Crippen LogP contribution in [-0.2, 0) is 25.6 Å². The third-order valence-electron chi connectivity index (χ3n) is 5.66. The van der Waals surface area contributed by atoms with E-state index < -0.39 is 41.9 Å². The number of halogens is 3. The number of likely N-dealkylation sites (tertiary alicyclic amines) is 1. The van der Waals surface area contributed by atoms with Crippen LogP contribution < -0.4 is 5.32 Å². The lowest BCUT2D eigenvalue weighted by molar-refractivity contribution is -0.156. The summed E-state index contributed by atoms with van der Waals surface area (Å²) in [7, 11) is 0. The van der Waals surface area contributed by atoms with Gasteiger partial charge in [-0.25, -0.2) is 4.79 Å². The van der Waals surface area contributed by atoms with Crippen molar-refractivity contribution in [3.05, 3.63) is 58.8 Å². The Morgan fingerprint density at radius 3 is 2.56 bits per heavy atom. The van der Waals surface area contributed by atoms with E-state index in [1.807, 2.05) is 6.07 Å². The van der Waals surface area contributed by atoms with Crippen LogP contribution in [0.2, 0.25) is 0 Å². The monoisotopic (exact) mass is 495 g/mol. The molecule has 2 saturated heterocycles. The second kappa shape index (κ2) is 9.16. The number of hydrogen-bond acceptors (Lipinski definition) is 5. The van der Waals surface area contributed by atoms with Crippen LogP contribution in [0.15, 0.2) is 53.3 Å². The molecule has 0 aliphatic carbocycles. The average Bonchev–Trinajstić information content (AvgIpc) is 3.09. The van der Waals surface area contributed by atoms with Crippen LogP contribution in [0.3, 0.4) is 0 Å².